The number of carbonyl (C=O) groups excluding carboxylic acids is 1. The lowest BCUT2D eigenvalue weighted by atomic mass is 10.1. The van der Waals surface area contributed by atoms with Crippen molar-refractivity contribution in [2.75, 3.05) is 5.32 Å². The summed E-state index contributed by atoms with van der Waals surface area (Å²) in [6, 6.07) is 9.73. The van der Waals surface area contributed by atoms with Crippen LogP contribution in [-0.4, -0.2) is 17.0 Å². The topological polar surface area (TPSA) is 66.4 Å². The molecule has 5 heteroatoms. The highest BCUT2D eigenvalue weighted by Crippen LogP contribution is 2.32. The number of carboxylic acids is 1. The van der Waals surface area contributed by atoms with Gasteiger partial charge in [-0.05, 0) is 31.4 Å². The second kappa shape index (κ2) is 6.54. The molecule has 2 N–H and O–H groups in total. The Balaban J connectivity index is 2.03. The summed E-state index contributed by atoms with van der Waals surface area (Å²) in [5.74, 6) is -1.17. The molecule has 0 aliphatic carbocycles. The maximum Gasteiger partial charge on any atom is 0.338 e. The van der Waals surface area contributed by atoms with Crippen molar-refractivity contribution in [3.05, 3.63) is 51.9 Å². The lowest BCUT2D eigenvalue weighted by Gasteiger charge is -2.05. The third-order valence-electron chi connectivity index (χ3n) is 3.34. The third kappa shape index (κ3) is 3.70. The second-order valence-corrected chi connectivity index (χ2v) is 6.05. The number of aryl methyl sites for hydroxylation is 2. The zero-order valence-corrected chi connectivity index (χ0v) is 12.8. The molecule has 0 fully saturated rings. The fourth-order valence-corrected chi connectivity index (χ4v) is 3.13. The highest BCUT2D eigenvalue weighted by Gasteiger charge is 2.20. The molecule has 2 aromatic rings. The first-order valence-corrected chi connectivity index (χ1v) is 7.47. The summed E-state index contributed by atoms with van der Waals surface area (Å²) in [5, 5.41) is 12.4. The summed E-state index contributed by atoms with van der Waals surface area (Å²) in [7, 11) is 0. The van der Waals surface area contributed by atoms with Gasteiger partial charge in [0.15, 0.2) is 0 Å². The zero-order valence-electron chi connectivity index (χ0n) is 12.0. The Labute approximate surface area is 127 Å². The van der Waals surface area contributed by atoms with E-state index in [-0.39, 0.29) is 11.5 Å². The van der Waals surface area contributed by atoms with Crippen LogP contribution in [-0.2, 0) is 11.2 Å². The van der Waals surface area contributed by atoms with Crippen LogP contribution in [0.1, 0.15) is 32.8 Å². The molecule has 21 heavy (non-hydrogen) atoms. The van der Waals surface area contributed by atoms with Gasteiger partial charge in [0.25, 0.3) is 0 Å². The monoisotopic (exact) mass is 303 g/mol. The minimum atomic E-state index is -1.00. The molecule has 1 aromatic heterocycles. The van der Waals surface area contributed by atoms with Crippen LogP contribution in [0.3, 0.4) is 0 Å². The molecule has 0 atom stereocenters. The fraction of sp³-hybridized carbons (Fsp3) is 0.250. The number of benzene rings is 1. The average molecular weight is 303 g/mol. The summed E-state index contributed by atoms with van der Waals surface area (Å²) >= 11 is 1.31. The van der Waals surface area contributed by atoms with Crippen LogP contribution in [0.15, 0.2) is 30.3 Å². The fourth-order valence-electron chi connectivity index (χ4n) is 2.06. The summed E-state index contributed by atoms with van der Waals surface area (Å²) in [5.41, 5.74) is 2.00. The van der Waals surface area contributed by atoms with Crippen molar-refractivity contribution in [3.63, 3.8) is 0 Å². The van der Waals surface area contributed by atoms with Crippen molar-refractivity contribution in [1.82, 2.24) is 0 Å². The van der Waals surface area contributed by atoms with Crippen LogP contribution in [0, 0.1) is 13.8 Å². The average Bonchev–Trinajstić information content (AvgIpc) is 2.72. The SMILES string of the molecule is Cc1sc(NC(=O)CCc2ccccc2)c(C(=O)O)c1C. The van der Waals surface area contributed by atoms with E-state index >= 15 is 0 Å². The van der Waals surface area contributed by atoms with E-state index in [2.05, 4.69) is 5.32 Å². The molecule has 1 heterocycles. The molecule has 1 amide bonds. The number of thiophene rings is 1. The number of rotatable bonds is 5. The van der Waals surface area contributed by atoms with Crippen LogP contribution < -0.4 is 5.32 Å². The smallest absolute Gasteiger partial charge is 0.338 e. The Kier molecular flexibility index (Phi) is 4.75. The maximum absolute atomic E-state index is 12.0. The number of aromatic carboxylic acids is 1. The van der Waals surface area contributed by atoms with E-state index in [9.17, 15) is 14.7 Å². The molecule has 0 aliphatic heterocycles. The molecule has 1 aromatic carbocycles. The Hall–Kier alpha value is -2.14. The van der Waals surface area contributed by atoms with Crippen LogP contribution in [0.4, 0.5) is 5.00 Å². The predicted molar refractivity (Wildman–Crippen MR) is 84.1 cm³/mol. The number of hydrogen-bond acceptors (Lipinski definition) is 3. The number of anilines is 1. The molecule has 0 spiro atoms. The van der Waals surface area contributed by atoms with Crippen LogP contribution in [0.2, 0.25) is 0 Å². The molecule has 0 aliphatic rings. The van der Waals surface area contributed by atoms with Gasteiger partial charge in [-0.3, -0.25) is 4.79 Å². The van der Waals surface area contributed by atoms with Gasteiger partial charge < -0.3 is 10.4 Å². The first-order chi connectivity index (χ1) is 9.99. The van der Waals surface area contributed by atoms with Gasteiger partial charge in [0.2, 0.25) is 5.91 Å². The van der Waals surface area contributed by atoms with Gasteiger partial charge in [-0.2, -0.15) is 0 Å². The molecule has 0 saturated carbocycles. The van der Waals surface area contributed by atoms with Crippen LogP contribution in [0.25, 0.3) is 0 Å². The molecular formula is C16H17NO3S. The van der Waals surface area contributed by atoms with E-state index < -0.39 is 5.97 Å². The van der Waals surface area contributed by atoms with Crippen molar-refractivity contribution in [3.8, 4) is 0 Å². The van der Waals surface area contributed by atoms with Gasteiger partial charge in [-0.1, -0.05) is 30.3 Å². The molecule has 110 valence electrons. The highest BCUT2D eigenvalue weighted by molar-refractivity contribution is 7.16. The first-order valence-electron chi connectivity index (χ1n) is 6.66. The van der Waals surface area contributed by atoms with E-state index in [4.69, 9.17) is 0 Å². The standard InChI is InChI=1S/C16H17NO3S/c1-10-11(2)21-15(14(10)16(19)20)17-13(18)9-8-12-6-4-3-5-7-12/h3-7H,8-9H2,1-2H3,(H,17,18)(H,19,20). The minimum Gasteiger partial charge on any atom is -0.478 e. The van der Waals surface area contributed by atoms with E-state index in [1.165, 1.54) is 11.3 Å². The first kappa shape index (κ1) is 15.3. The molecule has 0 radical (unpaired) electrons. The van der Waals surface area contributed by atoms with Gasteiger partial charge in [-0.25, -0.2) is 4.79 Å². The predicted octanol–water partition coefficient (Wildman–Crippen LogP) is 3.63. The minimum absolute atomic E-state index is 0.164. The van der Waals surface area contributed by atoms with Gasteiger partial charge in [-0.15, -0.1) is 11.3 Å². The number of carbonyl (C=O) groups is 2. The van der Waals surface area contributed by atoms with E-state index in [0.717, 1.165) is 10.4 Å². The van der Waals surface area contributed by atoms with Crippen LogP contribution >= 0.6 is 11.3 Å². The van der Waals surface area contributed by atoms with Gasteiger partial charge >= 0.3 is 5.97 Å². The lowest BCUT2D eigenvalue weighted by Crippen LogP contribution is -2.14. The molecule has 0 bridgehead atoms. The number of amides is 1. The largest absolute Gasteiger partial charge is 0.478 e. The van der Waals surface area contributed by atoms with Gasteiger partial charge in [0, 0.05) is 11.3 Å². The summed E-state index contributed by atoms with van der Waals surface area (Å²) in [6.07, 6.45) is 0.970. The summed E-state index contributed by atoms with van der Waals surface area (Å²) in [4.78, 5) is 24.2. The maximum atomic E-state index is 12.0. The Bertz CT molecular complexity index is 662. The zero-order chi connectivity index (χ0) is 15.4. The van der Waals surface area contributed by atoms with Gasteiger partial charge in [0.05, 0.1) is 5.56 Å². The summed E-state index contributed by atoms with van der Waals surface area (Å²) < 4.78 is 0. The molecule has 4 nitrogen and oxygen atoms in total. The van der Waals surface area contributed by atoms with Crippen molar-refractivity contribution < 1.29 is 14.7 Å². The lowest BCUT2D eigenvalue weighted by molar-refractivity contribution is -0.116. The van der Waals surface area contributed by atoms with Gasteiger partial charge in [0.1, 0.15) is 5.00 Å². The molecule has 2 rings (SSSR count). The molecule has 0 unspecified atom stereocenters. The summed E-state index contributed by atoms with van der Waals surface area (Å²) in [6.45, 7) is 3.61. The molecular weight excluding hydrogens is 286 g/mol. The van der Waals surface area contributed by atoms with E-state index in [1.54, 1.807) is 6.92 Å². The Morgan fingerprint density at radius 2 is 1.86 bits per heavy atom. The Morgan fingerprint density at radius 1 is 1.19 bits per heavy atom. The van der Waals surface area contributed by atoms with E-state index in [0.29, 0.717) is 23.4 Å². The van der Waals surface area contributed by atoms with Crippen LogP contribution in [0.5, 0.6) is 0 Å². The highest BCUT2D eigenvalue weighted by atomic mass is 32.1. The van der Waals surface area contributed by atoms with Crippen molar-refractivity contribution in [2.45, 2.75) is 26.7 Å². The Morgan fingerprint density at radius 3 is 2.48 bits per heavy atom. The normalized spacial score (nSPS) is 10.4. The number of nitrogens with one attached hydrogen (secondary N) is 1. The number of hydrogen-bond donors (Lipinski definition) is 2. The quantitative estimate of drug-likeness (QED) is 0.886. The van der Waals surface area contributed by atoms with E-state index in [1.807, 2.05) is 37.3 Å². The number of carboxylic acid groups (broad SMARTS) is 1. The second-order valence-electron chi connectivity index (χ2n) is 4.83. The molecule has 0 saturated heterocycles. The van der Waals surface area contributed by atoms with Crippen molar-refractivity contribution >= 4 is 28.2 Å². The van der Waals surface area contributed by atoms with Crippen molar-refractivity contribution in [2.24, 2.45) is 0 Å². The van der Waals surface area contributed by atoms with Crippen molar-refractivity contribution in [1.29, 1.82) is 0 Å². The third-order valence-corrected chi connectivity index (χ3v) is 4.46.